The summed E-state index contributed by atoms with van der Waals surface area (Å²) in [6, 6.07) is 8.09. The van der Waals surface area contributed by atoms with Gasteiger partial charge in [-0.05, 0) is 74.9 Å². The molecule has 1 aliphatic carbocycles. The van der Waals surface area contributed by atoms with Crippen molar-refractivity contribution in [2.45, 2.75) is 57.1 Å². The number of carbonyl (C=O) groups excluding carboxylic acids is 1. The van der Waals surface area contributed by atoms with Crippen LogP contribution < -0.4 is 0 Å². The van der Waals surface area contributed by atoms with Gasteiger partial charge in [-0.3, -0.25) is 19.7 Å². The Hall–Kier alpha value is -2.26. The summed E-state index contributed by atoms with van der Waals surface area (Å²) in [6.45, 7) is 12.2. The molecule has 40 heavy (non-hydrogen) atoms. The zero-order valence-corrected chi connectivity index (χ0v) is 24.7. The summed E-state index contributed by atoms with van der Waals surface area (Å²) in [5.41, 5.74) is 2.68. The Morgan fingerprint density at radius 2 is 1.77 bits per heavy atom. The normalized spacial score (nSPS) is 27.9. The van der Waals surface area contributed by atoms with E-state index in [-0.39, 0.29) is 23.8 Å². The zero-order valence-electron chi connectivity index (χ0n) is 24.0. The van der Waals surface area contributed by atoms with Gasteiger partial charge in [0.05, 0.1) is 17.7 Å². The fourth-order valence-electron chi connectivity index (χ4n) is 7.21. The van der Waals surface area contributed by atoms with Crippen molar-refractivity contribution in [3.05, 3.63) is 46.1 Å². The quantitative estimate of drug-likeness (QED) is 0.399. The summed E-state index contributed by atoms with van der Waals surface area (Å²) < 4.78 is 5.60. The molecule has 0 radical (unpaired) electrons. The predicted octanol–water partition coefficient (Wildman–Crippen LogP) is 3.84. The monoisotopic (exact) mass is 569 g/mol. The number of halogens is 1. The van der Waals surface area contributed by atoms with Gasteiger partial charge in [-0.2, -0.15) is 0 Å². The number of rotatable bonds is 7. The number of nitrogens with zero attached hydrogens (tertiary/aromatic N) is 5. The lowest BCUT2D eigenvalue weighted by Gasteiger charge is -2.41. The van der Waals surface area contributed by atoms with Crippen LogP contribution in [-0.4, -0.2) is 110 Å². The second-order valence-electron chi connectivity index (χ2n) is 11.8. The maximum atomic E-state index is 14.3. The van der Waals surface area contributed by atoms with E-state index < -0.39 is 6.10 Å². The van der Waals surface area contributed by atoms with Crippen molar-refractivity contribution >= 4 is 30.1 Å². The minimum Gasteiger partial charge on any atom is -0.387 e. The van der Waals surface area contributed by atoms with Gasteiger partial charge in [0.25, 0.3) is 0 Å². The van der Waals surface area contributed by atoms with Crippen LogP contribution in [0.5, 0.6) is 0 Å². The Balaban J connectivity index is 1.32. The molecule has 0 bridgehead atoms. The first-order chi connectivity index (χ1) is 19.4. The highest BCUT2D eigenvalue weighted by molar-refractivity contribution is 6.30. The molecule has 1 aromatic carbocycles. The van der Waals surface area contributed by atoms with E-state index in [4.69, 9.17) is 16.3 Å². The predicted molar refractivity (Wildman–Crippen MR) is 160 cm³/mol. The van der Waals surface area contributed by atoms with Crippen LogP contribution in [0.2, 0.25) is 5.02 Å². The Bertz CT molecular complexity index is 1110. The van der Waals surface area contributed by atoms with Crippen LogP contribution >= 0.6 is 11.6 Å². The maximum Gasteiger partial charge on any atom is 0.231 e. The molecule has 218 valence electrons. The number of amides is 1. The Morgan fingerprint density at radius 1 is 1.10 bits per heavy atom. The van der Waals surface area contributed by atoms with Crippen molar-refractivity contribution in [2.24, 2.45) is 21.8 Å². The second-order valence-corrected chi connectivity index (χ2v) is 12.2. The molecule has 0 spiro atoms. The van der Waals surface area contributed by atoms with E-state index in [1.807, 2.05) is 29.2 Å². The van der Waals surface area contributed by atoms with Crippen LogP contribution in [0.3, 0.4) is 0 Å². The molecule has 1 aromatic rings. The summed E-state index contributed by atoms with van der Waals surface area (Å²) in [5, 5.41) is 11.2. The average molecular weight is 570 g/mol. The highest BCUT2D eigenvalue weighted by Crippen LogP contribution is 2.37. The number of carbonyl (C=O) groups is 1. The molecule has 0 unspecified atom stereocenters. The van der Waals surface area contributed by atoms with Gasteiger partial charge >= 0.3 is 0 Å². The van der Waals surface area contributed by atoms with Gasteiger partial charge in [0.2, 0.25) is 5.91 Å². The summed E-state index contributed by atoms with van der Waals surface area (Å²) in [7, 11) is 1.79. The number of piperazine rings is 1. The average Bonchev–Trinajstić information content (AvgIpc) is 3.53. The van der Waals surface area contributed by atoms with E-state index in [9.17, 15) is 9.90 Å². The Labute approximate surface area is 243 Å². The molecule has 3 aliphatic heterocycles. The zero-order chi connectivity index (χ0) is 28.2. The minimum atomic E-state index is -0.599. The van der Waals surface area contributed by atoms with E-state index >= 15 is 0 Å². The van der Waals surface area contributed by atoms with Gasteiger partial charge < -0.3 is 19.6 Å². The molecule has 1 N–H and O–H groups in total. The lowest BCUT2D eigenvalue weighted by atomic mass is 9.87. The van der Waals surface area contributed by atoms with Crippen molar-refractivity contribution in [1.82, 2.24) is 14.7 Å². The first-order valence-electron chi connectivity index (χ1n) is 14.9. The van der Waals surface area contributed by atoms with Gasteiger partial charge in [0.1, 0.15) is 5.84 Å². The van der Waals surface area contributed by atoms with E-state index in [0.717, 1.165) is 69.0 Å². The maximum absolute atomic E-state index is 14.3. The number of likely N-dealkylation sites (tertiary alicyclic amines) is 1. The molecule has 0 aromatic heterocycles. The molecule has 3 heterocycles. The molecule has 3 fully saturated rings. The topological polar surface area (TPSA) is 81.0 Å². The summed E-state index contributed by atoms with van der Waals surface area (Å²) in [5.74, 6) is 1.65. The highest BCUT2D eigenvalue weighted by Gasteiger charge is 2.41. The van der Waals surface area contributed by atoms with Gasteiger partial charge in [0.15, 0.2) is 0 Å². The number of amidine groups is 1. The van der Waals surface area contributed by atoms with Crippen molar-refractivity contribution in [2.75, 3.05) is 59.5 Å². The molecular formula is C31H44ClN5O3. The standard InChI is InChI=1S/C31H44ClN5O3/c1-21-19-26(38)29(33-2)27(21)30(34-3)35-13-15-36(16-14-35)31(39)28(23-6-8-24(32)9-7-23)25-5-4-12-37(25)20-22-10-17-40-18-11-22/h6-9,21-22,25-26,28,38H,2,4-5,10-20H2,1,3H3/b34-30+/t21-,25+,26-,28+/m1/s1. The van der Waals surface area contributed by atoms with Crippen LogP contribution in [0.4, 0.5) is 0 Å². The van der Waals surface area contributed by atoms with E-state index in [1.165, 1.54) is 0 Å². The molecule has 0 saturated carbocycles. The molecule has 5 rings (SSSR count). The molecular weight excluding hydrogens is 526 g/mol. The number of ether oxygens (including phenoxy) is 1. The lowest BCUT2D eigenvalue weighted by Crippen LogP contribution is -2.54. The Morgan fingerprint density at radius 3 is 2.42 bits per heavy atom. The third kappa shape index (κ3) is 6.15. The van der Waals surface area contributed by atoms with Gasteiger partial charge in [0, 0.05) is 69.6 Å². The highest BCUT2D eigenvalue weighted by atomic mass is 35.5. The van der Waals surface area contributed by atoms with Crippen LogP contribution in [0.25, 0.3) is 0 Å². The van der Waals surface area contributed by atoms with Gasteiger partial charge in [-0.15, -0.1) is 0 Å². The van der Waals surface area contributed by atoms with Crippen molar-refractivity contribution in [1.29, 1.82) is 0 Å². The fraction of sp³-hybridized carbons (Fsp3) is 0.645. The van der Waals surface area contributed by atoms with E-state index in [1.54, 1.807) is 7.05 Å². The van der Waals surface area contributed by atoms with Crippen LogP contribution in [0.15, 0.2) is 45.5 Å². The minimum absolute atomic E-state index is 0.159. The van der Waals surface area contributed by atoms with Gasteiger partial charge in [-0.1, -0.05) is 30.7 Å². The number of benzene rings is 1. The number of aliphatic hydroxyl groups is 1. The number of hydrogen-bond acceptors (Lipinski definition) is 6. The number of aliphatic hydroxyl groups excluding tert-OH is 1. The second kappa shape index (κ2) is 13.1. The smallest absolute Gasteiger partial charge is 0.231 e. The molecule has 1 amide bonds. The number of hydrogen-bond donors (Lipinski definition) is 1. The third-order valence-electron chi connectivity index (χ3n) is 9.30. The Kier molecular flexibility index (Phi) is 9.61. The van der Waals surface area contributed by atoms with Crippen molar-refractivity contribution in [3.8, 4) is 0 Å². The summed E-state index contributed by atoms with van der Waals surface area (Å²) >= 11 is 6.25. The van der Waals surface area contributed by atoms with Gasteiger partial charge in [-0.25, -0.2) is 0 Å². The summed E-state index contributed by atoms with van der Waals surface area (Å²) in [4.78, 5) is 30.0. The van der Waals surface area contributed by atoms with Crippen molar-refractivity contribution < 1.29 is 14.6 Å². The van der Waals surface area contributed by atoms with Crippen LogP contribution in [0, 0.1) is 11.8 Å². The SMILES string of the molecule is C=NC1=C(/C(=N\C)N2CCN(C(=O)[C@@H](c3ccc(Cl)cc3)[C@@H]3CCCN3CC3CCOCC3)CC2)[C@H](C)C[C@H]1O. The first kappa shape index (κ1) is 29.2. The summed E-state index contributed by atoms with van der Waals surface area (Å²) in [6.07, 6.45) is 4.38. The molecule has 3 saturated heterocycles. The van der Waals surface area contributed by atoms with Crippen molar-refractivity contribution in [3.63, 3.8) is 0 Å². The number of aliphatic imine (C=N–C) groups is 2. The van der Waals surface area contributed by atoms with Crippen LogP contribution in [0.1, 0.15) is 50.5 Å². The molecule has 4 atom stereocenters. The van der Waals surface area contributed by atoms with E-state index in [2.05, 4.69) is 33.4 Å². The van der Waals surface area contributed by atoms with E-state index in [0.29, 0.717) is 49.2 Å². The fourth-order valence-corrected chi connectivity index (χ4v) is 7.33. The molecule has 9 heteroatoms. The largest absolute Gasteiger partial charge is 0.387 e. The molecule has 4 aliphatic rings. The lowest BCUT2D eigenvalue weighted by molar-refractivity contribution is -0.135. The first-order valence-corrected chi connectivity index (χ1v) is 15.3. The van der Waals surface area contributed by atoms with Crippen LogP contribution in [-0.2, 0) is 9.53 Å². The third-order valence-corrected chi connectivity index (χ3v) is 9.55. The molecule has 8 nitrogen and oxygen atoms in total.